The van der Waals surface area contributed by atoms with E-state index in [-0.39, 0.29) is 30.0 Å². The van der Waals surface area contributed by atoms with Crippen molar-refractivity contribution in [2.24, 2.45) is 10.9 Å². The molecule has 1 aliphatic rings. The first kappa shape index (κ1) is 18.6. The molecule has 2 rings (SSSR count). The summed E-state index contributed by atoms with van der Waals surface area (Å²) in [5.74, 6) is -0.305. The molecule has 1 aromatic carbocycles. The SMILES string of the molecule is CC(C)NC(=NCc1cc(F)cc(F)c1)NCC1CCS(=O)(=O)C1. The first-order valence-electron chi connectivity index (χ1n) is 7.94. The second-order valence-corrected chi connectivity index (χ2v) is 8.62. The van der Waals surface area contributed by atoms with Crippen molar-refractivity contribution in [2.45, 2.75) is 32.9 Å². The van der Waals surface area contributed by atoms with E-state index < -0.39 is 21.5 Å². The Morgan fingerprint density at radius 1 is 1.29 bits per heavy atom. The third kappa shape index (κ3) is 6.07. The number of hydrogen-bond donors (Lipinski definition) is 2. The Kier molecular flexibility index (Phi) is 6.15. The molecule has 2 N–H and O–H groups in total. The second-order valence-electron chi connectivity index (χ2n) is 6.39. The number of hydrogen-bond acceptors (Lipinski definition) is 3. The lowest BCUT2D eigenvalue weighted by molar-refractivity contribution is 0.562. The van der Waals surface area contributed by atoms with Gasteiger partial charge in [0.05, 0.1) is 18.1 Å². The van der Waals surface area contributed by atoms with Gasteiger partial charge in [-0.2, -0.15) is 0 Å². The molecule has 5 nitrogen and oxygen atoms in total. The van der Waals surface area contributed by atoms with E-state index in [0.29, 0.717) is 24.5 Å². The maximum atomic E-state index is 13.2. The maximum absolute atomic E-state index is 13.2. The Balaban J connectivity index is 1.99. The largest absolute Gasteiger partial charge is 0.356 e. The van der Waals surface area contributed by atoms with Crippen molar-refractivity contribution in [2.75, 3.05) is 18.1 Å². The molecule has 0 bridgehead atoms. The van der Waals surface area contributed by atoms with Crippen LogP contribution < -0.4 is 10.6 Å². The van der Waals surface area contributed by atoms with Crippen molar-refractivity contribution in [3.63, 3.8) is 0 Å². The van der Waals surface area contributed by atoms with Crippen LogP contribution in [0.3, 0.4) is 0 Å². The zero-order chi connectivity index (χ0) is 17.7. The van der Waals surface area contributed by atoms with Gasteiger partial charge in [-0.3, -0.25) is 0 Å². The van der Waals surface area contributed by atoms with Gasteiger partial charge < -0.3 is 10.6 Å². The molecule has 8 heteroatoms. The zero-order valence-corrected chi connectivity index (χ0v) is 14.7. The van der Waals surface area contributed by atoms with Gasteiger partial charge in [0.15, 0.2) is 15.8 Å². The molecule has 24 heavy (non-hydrogen) atoms. The maximum Gasteiger partial charge on any atom is 0.191 e. The molecular formula is C16H23F2N3O2S. The first-order chi connectivity index (χ1) is 11.2. The molecule has 0 spiro atoms. The molecule has 0 radical (unpaired) electrons. The predicted molar refractivity (Wildman–Crippen MR) is 90.5 cm³/mol. The minimum atomic E-state index is -2.91. The van der Waals surface area contributed by atoms with Crippen LogP contribution in [0.25, 0.3) is 0 Å². The van der Waals surface area contributed by atoms with Crippen LogP contribution in [0.15, 0.2) is 23.2 Å². The summed E-state index contributed by atoms with van der Waals surface area (Å²) in [6.45, 7) is 4.51. The molecule has 0 aliphatic carbocycles. The number of benzene rings is 1. The number of nitrogens with zero attached hydrogens (tertiary/aromatic N) is 1. The fourth-order valence-electron chi connectivity index (χ4n) is 2.57. The molecule has 1 heterocycles. The fraction of sp³-hybridized carbons (Fsp3) is 0.562. The van der Waals surface area contributed by atoms with Gasteiger partial charge in [0.2, 0.25) is 0 Å². The van der Waals surface area contributed by atoms with Gasteiger partial charge in [-0.15, -0.1) is 0 Å². The Hall–Kier alpha value is -1.70. The van der Waals surface area contributed by atoms with Crippen molar-refractivity contribution in [1.29, 1.82) is 0 Å². The summed E-state index contributed by atoms with van der Waals surface area (Å²) in [5, 5.41) is 6.24. The average Bonchev–Trinajstić information content (AvgIpc) is 2.80. The Morgan fingerprint density at radius 2 is 1.96 bits per heavy atom. The van der Waals surface area contributed by atoms with Crippen LogP contribution in [-0.2, 0) is 16.4 Å². The normalized spacial score (nSPS) is 20.4. The van der Waals surface area contributed by atoms with Crippen LogP contribution in [0.4, 0.5) is 8.78 Å². The van der Waals surface area contributed by atoms with Crippen LogP contribution in [0, 0.1) is 17.6 Å². The van der Waals surface area contributed by atoms with Gasteiger partial charge in [0, 0.05) is 18.7 Å². The third-order valence-corrected chi connectivity index (χ3v) is 5.49. The van der Waals surface area contributed by atoms with Gasteiger partial charge in [-0.25, -0.2) is 22.2 Å². The van der Waals surface area contributed by atoms with E-state index in [9.17, 15) is 17.2 Å². The number of sulfone groups is 1. The lowest BCUT2D eigenvalue weighted by Gasteiger charge is -2.17. The zero-order valence-electron chi connectivity index (χ0n) is 13.9. The lowest BCUT2D eigenvalue weighted by Crippen LogP contribution is -2.43. The molecule has 1 saturated heterocycles. The highest BCUT2D eigenvalue weighted by atomic mass is 32.2. The minimum Gasteiger partial charge on any atom is -0.356 e. The van der Waals surface area contributed by atoms with Crippen LogP contribution in [-0.4, -0.2) is 38.5 Å². The number of rotatable bonds is 5. The molecule has 1 unspecified atom stereocenters. The minimum absolute atomic E-state index is 0.0563. The van der Waals surface area contributed by atoms with Crippen LogP contribution >= 0.6 is 0 Å². The van der Waals surface area contributed by atoms with E-state index >= 15 is 0 Å². The smallest absolute Gasteiger partial charge is 0.191 e. The summed E-state index contributed by atoms with van der Waals surface area (Å²) in [4.78, 5) is 4.33. The van der Waals surface area contributed by atoms with E-state index in [1.807, 2.05) is 13.8 Å². The van der Waals surface area contributed by atoms with Crippen molar-refractivity contribution in [3.05, 3.63) is 35.4 Å². The second kappa shape index (κ2) is 7.92. The third-order valence-electron chi connectivity index (χ3n) is 3.65. The van der Waals surface area contributed by atoms with Crippen molar-refractivity contribution in [1.82, 2.24) is 10.6 Å². The summed E-state index contributed by atoms with van der Waals surface area (Å²) >= 11 is 0. The van der Waals surface area contributed by atoms with E-state index in [2.05, 4.69) is 15.6 Å². The Labute approximate surface area is 141 Å². The lowest BCUT2D eigenvalue weighted by atomic mass is 10.1. The Bertz CT molecular complexity index is 685. The molecule has 134 valence electrons. The van der Waals surface area contributed by atoms with Crippen LogP contribution in [0.5, 0.6) is 0 Å². The molecule has 1 aromatic rings. The molecule has 0 aromatic heterocycles. The van der Waals surface area contributed by atoms with Gasteiger partial charge in [0.1, 0.15) is 11.6 Å². The van der Waals surface area contributed by atoms with Gasteiger partial charge >= 0.3 is 0 Å². The Morgan fingerprint density at radius 3 is 2.50 bits per heavy atom. The fourth-order valence-corrected chi connectivity index (χ4v) is 4.43. The van der Waals surface area contributed by atoms with E-state index in [4.69, 9.17) is 0 Å². The summed E-state index contributed by atoms with van der Waals surface area (Å²) < 4.78 is 49.4. The van der Waals surface area contributed by atoms with Gasteiger partial charge in [-0.1, -0.05) is 0 Å². The molecule has 1 aliphatic heterocycles. The summed E-state index contributed by atoms with van der Waals surface area (Å²) in [7, 11) is -2.91. The van der Waals surface area contributed by atoms with Gasteiger partial charge in [0.25, 0.3) is 0 Å². The van der Waals surface area contributed by atoms with E-state index in [0.717, 1.165) is 6.07 Å². The highest BCUT2D eigenvalue weighted by Gasteiger charge is 2.27. The van der Waals surface area contributed by atoms with Crippen LogP contribution in [0.2, 0.25) is 0 Å². The van der Waals surface area contributed by atoms with Crippen molar-refractivity contribution >= 4 is 15.8 Å². The highest BCUT2D eigenvalue weighted by Crippen LogP contribution is 2.17. The molecular weight excluding hydrogens is 336 g/mol. The van der Waals surface area contributed by atoms with Crippen molar-refractivity contribution in [3.8, 4) is 0 Å². The number of nitrogens with one attached hydrogen (secondary N) is 2. The molecule has 0 amide bonds. The molecule has 1 atom stereocenters. The first-order valence-corrected chi connectivity index (χ1v) is 9.76. The van der Waals surface area contributed by atoms with Crippen LogP contribution in [0.1, 0.15) is 25.8 Å². The van der Waals surface area contributed by atoms with E-state index in [1.165, 1.54) is 12.1 Å². The number of halogens is 2. The standard InChI is InChI=1S/C16H23F2N3O2S/c1-11(2)21-16(19-8-12-3-4-24(22,23)10-12)20-9-13-5-14(17)7-15(18)6-13/h5-7,11-12H,3-4,8-10H2,1-2H3,(H2,19,20,21). The summed E-state index contributed by atoms with van der Waals surface area (Å²) in [6.07, 6.45) is 0.638. The quantitative estimate of drug-likeness (QED) is 0.622. The average molecular weight is 359 g/mol. The molecule has 1 fully saturated rings. The number of aliphatic imine (C=N–C) groups is 1. The monoisotopic (exact) mass is 359 g/mol. The molecule has 0 saturated carbocycles. The highest BCUT2D eigenvalue weighted by molar-refractivity contribution is 7.91. The van der Waals surface area contributed by atoms with E-state index in [1.54, 1.807) is 0 Å². The summed E-state index contributed by atoms with van der Waals surface area (Å²) in [5.41, 5.74) is 0.431. The van der Waals surface area contributed by atoms with Crippen molar-refractivity contribution < 1.29 is 17.2 Å². The summed E-state index contributed by atoms with van der Waals surface area (Å²) in [6, 6.07) is 3.42. The predicted octanol–water partition coefficient (Wildman–Crippen LogP) is 1.84. The number of guanidine groups is 1. The topological polar surface area (TPSA) is 70.6 Å². The van der Waals surface area contributed by atoms with Gasteiger partial charge in [-0.05, 0) is 43.9 Å².